The summed E-state index contributed by atoms with van der Waals surface area (Å²) in [6, 6.07) is 16.1. The van der Waals surface area contributed by atoms with Crippen LogP contribution in [0.15, 0.2) is 59.1 Å². The molecule has 4 atom stereocenters. The average molecular weight is 495 g/mol. The molecule has 1 saturated carbocycles. The first-order valence-electron chi connectivity index (χ1n) is 10.5. The van der Waals surface area contributed by atoms with Gasteiger partial charge in [-0.25, -0.2) is 0 Å². The zero-order chi connectivity index (χ0) is 22.4. The first-order chi connectivity index (χ1) is 14.6. The summed E-state index contributed by atoms with van der Waals surface area (Å²) in [5.74, 6) is -0.797. The average Bonchev–Trinajstić information content (AvgIpc) is 2.72. The second kappa shape index (κ2) is 8.24. The van der Waals surface area contributed by atoms with E-state index in [4.69, 9.17) is 0 Å². The summed E-state index contributed by atoms with van der Waals surface area (Å²) >= 11 is 3.38. The summed E-state index contributed by atoms with van der Waals surface area (Å²) in [6.45, 7) is 4.03. The smallest absolute Gasteiger partial charge is 0.348 e. The monoisotopic (exact) mass is 494 g/mol. The van der Waals surface area contributed by atoms with Crippen LogP contribution in [0.2, 0.25) is 0 Å². The van der Waals surface area contributed by atoms with Crippen LogP contribution < -0.4 is 4.90 Å². The van der Waals surface area contributed by atoms with Crippen molar-refractivity contribution in [2.45, 2.75) is 45.2 Å². The second-order valence-electron chi connectivity index (χ2n) is 9.39. The quantitative estimate of drug-likeness (QED) is 0.363. The summed E-state index contributed by atoms with van der Waals surface area (Å²) in [6.07, 6.45) is -3.32. The predicted molar refractivity (Wildman–Crippen MR) is 118 cm³/mol. The fourth-order valence-electron chi connectivity index (χ4n) is 5.40. The largest absolute Gasteiger partial charge is 0.461 e. The third kappa shape index (κ3) is 4.40. The Labute approximate surface area is 189 Å². The fourth-order valence-corrected chi connectivity index (χ4v) is 5.66. The van der Waals surface area contributed by atoms with Gasteiger partial charge >= 0.3 is 6.30 Å². The van der Waals surface area contributed by atoms with Crippen molar-refractivity contribution < 1.29 is 18.0 Å². The first kappa shape index (κ1) is 22.3. The Morgan fingerprint density at radius 1 is 1.03 bits per heavy atom. The topological polar surface area (TPSA) is 23.6 Å². The highest BCUT2D eigenvalue weighted by molar-refractivity contribution is 9.10. The highest BCUT2D eigenvalue weighted by Crippen LogP contribution is 2.52. The van der Waals surface area contributed by atoms with Crippen molar-refractivity contribution in [2.75, 3.05) is 11.4 Å². The normalized spacial score (nSPS) is 28.8. The summed E-state index contributed by atoms with van der Waals surface area (Å²) in [7, 11) is 0. The maximum atomic E-state index is 14.4. The maximum Gasteiger partial charge on any atom is 0.461 e. The lowest BCUT2D eigenvalue weighted by Crippen LogP contribution is -2.65. The van der Waals surface area contributed by atoms with Gasteiger partial charge in [-0.2, -0.15) is 18.1 Å². The number of carbonyl (C=O) groups is 1. The van der Waals surface area contributed by atoms with Crippen molar-refractivity contribution in [3.63, 3.8) is 0 Å². The van der Waals surface area contributed by atoms with Crippen LogP contribution in [0.25, 0.3) is 0 Å². The van der Waals surface area contributed by atoms with Gasteiger partial charge in [0.05, 0.1) is 0 Å². The van der Waals surface area contributed by atoms with Gasteiger partial charge in [0, 0.05) is 34.6 Å². The molecule has 3 nitrogen and oxygen atoms in total. The Morgan fingerprint density at radius 2 is 1.68 bits per heavy atom. The molecular formula is C24H26BrF3N2O. The highest BCUT2D eigenvalue weighted by atomic mass is 79.9. The van der Waals surface area contributed by atoms with E-state index in [2.05, 4.69) is 29.8 Å². The number of hydrogen-bond acceptors (Lipinski definition) is 3. The van der Waals surface area contributed by atoms with Crippen molar-refractivity contribution in [1.82, 2.24) is 4.90 Å². The number of hydrogen-bond donors (Lipinski definition) is 0. The van der Waals surface area contributed by atoms with Gasteiger partial charge in [0.1, 0.15) is 12.5 Å². The lowest BCUT2D eigenvalue weighted by molar-refractivity contribution is -0.273. The molecule has 2 fully saturated rings. The molecule has 0 N–H and O–H groups in total. The molecule has 1 saturated heterocycles. The van der Waals surface area contributed by atoms with E-state index in [0.29, 0.717) is 16.9 Å². The van der Waals surface area contributed by atoms with Crippen LogP contribution in [0.1, 0.15) is 38.4 Å². The maximum absolute atomic E-state index is 14.4. The van der Waals surface area contributed by atoms with E-state index in [1.807, 2.05) is 35.2 Å². The minimum atomic E-state index is -4.53. The number of halogens is 4. The number of benzene rings is 2. The van der Waals surface area contributed by atoms with Gasteiger partial charge in [-0.1, -0.05) is 60.1 Å². The van der Waals surface area contributed by atoms with Crippen LogP contribution in [-0.4, -0.2) is 30.1 Å². The van der Waals surface area contributed by atoms with E-state index in [1.165, 1.54) is 0 Å². The molecule has 2 aliphatic rings. The van der Waals surface area contributed by atoms with Crippen LogP contribution in [0.4, 0.5) is 18.9 Å². The van der Waals surface area contributed by atoms with E-state index >= 15 is 0 Å². The molecule has 2 aromatic carbocycles. The van der Waals surface area contributed by atoms with E-state index in [-0.39, 0.29) is 23.9 Å². The standard InChI is InChI=1S/C24H26BrF3N2O/c1-23(2)12-17(15-31)20-14-29(24(26,27)28)22(16-8-10-18(25)11-9-16)30(21(20)13-23)19-6-4-3-5-7-19/h3-11,15,17,20-22H,12-14H2,1-2H3. The fraction of sp³-hybridized carbons (Fsp3) is 0.458. The number of fused-ring (bicyclic) bond motifs is 1. The van der Waals surface area contributed by atoms with E-state index in [9.17, 15) is 18.0 Å². The molecule has 4 rings (SSSR count). The molecular weight excluding hydrogens is 469 g/mol. The Kier molecular flexibility index (Phi) is 5.94. The molecule has 166 valence electrons. The van der Waals surface area contributed by atoms with E-state index in [1.54, 1.807) is 24.3 Å². The van der Waals surface area contributed by atoms with Crippen molar-refractivity contribution in [2.24, 2.45) is 17.3 Å². The summed E-state index contributed by atoms with van der Waals surface area (Å²) < 4.78 is 44.0. The van der Waals surface area contributed by atoms with Crippen LogP contribution in [0.3, 0.4) is 0 Å². The van der Waals surface area contributed by atoms with Crippen LogP contribution in [0.5, 0.6) is 0 Å². The van der Waals surface area contributed by atoms with Crippen LogP contribution in [0, 0.1) is 17.3 Å². The lowest BCUT2D eigenvalue weighted by atomic mass is 9.63. The number of aldehydes is 1. The Balaban J connectivity index is 1.90. The van der Waals surface area contributed by atoms with Crippen molar-refractivity contribution >= 4 is 27.9 Å². The van der Waals surface area contributed by atoms with Crippen molar-refractivity contribution in [3.8, 4) is 0 Å². The number of nitrogens with zero attached hydrogens (tertiary/aromatic N) is 2. The number of carbonyl (C=O) groups excluding carboxylic acids is 1. The molecule has 0 radical (unpaired) electrons. The van der Waals surface area contributed by atoms with Crippen molar-refractivity contribution in [1.29, 1.82) is 0 Å². The zero-order valence-corrected chi connectivity index (χ0v) is 19.1. The lowest BCUT2D eigenvalue weighted by Gasteiger charge is -2.58. The number of para-hydroxylation sites is 1. The van der Waals surface area contributed by atoms with Crippen molar-refractivity contribution in [3.05, 3.63) is 64.6 Å². The molecule has 0 aromatic heterocycles. The molecule has 4 unspecified atom stereocenters. The van der Waals surface area contributed by atoms with Gasteiger partial charge in [-0.05, 0) is 48.1 Å². The van der Waals surface area contributed by atoms with Gasteiger partial charge in [0.25, 0.3) is 0 Å². The van der Waals surface area contributed by atoms with Gasteiger partial charge < -0.3 is 9.69 Å². The Hall–Kier alpha value is -1.86. The van der Waals surface area contributed by atoms with Crippen LogP contribution in [-0.2, 0) is 4.79 Å². The molecule has 0 bridgehead atoms. The molecule has 1 aliphatic heterocycles. The number of alkyl halides is 3. The second-order valence-corrected chi connectivity index (χ2v) is 10.3. The molecule has 0 spiro atoms. The molecule has 0 amide bonds. The molecule has 31 heavy (non-hydrogen) atoms. The highest BCUT2D eigenvalue weighted by Gasteiger charge is 2.56. The van der Waals surface area contributed by atoms with E-state index < -0.39 is 18.4 Å². The number of rotatable bonds is 3. The minimum Gasteiger partial charge on any atom is -0.348 e. The predicted octanol–water partition coefficient (Wildman–Crippen LogP) is 6.41. The van der Waals surface area contributed by atoms with Gasteiger partial charge in [-0.3, -0.25) is 0 Å². The molecule has 2 aromatic rings. The zero-order valence-electron chi connectivity index (χ0n) is 17.5. The van der Waals surface area contributed by atoms with Gasteiger partial charge in [0.15, 0.2) is 0 Å². The molecule has 7 heteroatoms. The summed E-state index contributed by atoms with van der Waals surface area (Å²) in [5.41, 5.74) is 1.18. The Morgan fingerprint density at radius 3 is 2.26 bits per heavy atom. The molecule has 1 aliphatic carbocycles. The van der Waals surface area contributed by atoms with E-state index in [0.717, 1.165) is 22.9 Å². The molecule has 1 heterocycles. The summed E-state index contributed by atoms with van der Waals surface area (Å²) in [4.78, 5) is 14.5. The van der Waals surface area contributed by atoms with Gasteiger partial charge in [-0.15, -0.1) is 0 Å². The SMILES string of the molecule is CC1(C)CC(C=O)C2CN(C(F)(F)F)C(c3ccc(Br)cc3)N(c3ccccc3)C2C1. The van der Waals surface area contributed by atoms with Gasteiger partial charge in [0.2, 0.25) is 0 Å². The third-order valence-electron chi connectivity index (χ3n) is 6.64. The third-order valence-corrected chi connectivity index (χ3v) is 7.17. The Bertz CT molecular complexity index is 917. The minimum absolute atomic E-state index is 0.134. The van der Waals surface area contributed by atoms with Crippen LogP contribution >= 0.6 is 15.9 Å². The summed E-state index contributed by atoms with van der Waals surface area (Å²) in [5, 5.41) is 0. The first-order valence-corrected chi connectivity index (χ1v) is 11.3. The number of anilines is 1.